The Morgan fingerprint density at radius 3 is 2.62 bits per heavy atom. The van der Waals surface area contributed by atoms with Gasteiger partial charge in [-0.2, -0.15) is 0 Å². The van der Waals surface area contributed by atoms with E-state index in [1.165, 1.54) is 16.8 Å². The summed E-state index contributed by atoms with van der Waals surface area (Å²) in [5, 5.41) is 0. The summed E-state index contributed by atoms with van der Waals surface area (Å²) in [6.07, 6.45) is 3.79. The molecule has 0 spiro atoms. The van der Waals surface area contributed by atoms with Crippen molar-refractivity contribution in [3.63, 3.8) is 0 Å². The van der Waals surface area contributed by atoms with Gasteiger partial charge in [-0.15, -0.1) is 0 Å². The Morgan fingerprint density at radius 2 is 1.90 bits per heavy atom. The molecule has 3 nitrogen and oxygen atoms in total. The van der Waals surface area contributed by atoms with E-state index in [1.54, 1.807) is 0 Å². The van der Waals surface area contributed by atoms with Crippen LogP contribution < -0.4 is 4.90 Å². The average molecular weight is 346 g/mol. The van der Waals surface area contributed by atoms with E-state index in [9.17, 15) is 0 Å². The molecule has 0 bridgehead atoms. The number of pyridine rings is 1. The van der Waals surface area contributed by atoms with Crippen molar-refractivity contribution in [2.75, 3.05) is 31.1 Å². The lowest BCUT2D eigenvalue weighted by Gasteiger charge is -2.36. The fraction of sp³-hybridized carbons (Fsp3) is 0.353. The molecule has 0 saturated carbocycles. The predicted octanol–water partition coefficient (Wildman–Crippen LogP) is 3.47. The Morgan fingerprint density at radius 1 is 1.10 bits per heavy atom. The highest BCUT2D eigenvalue weighted by molar-refractivity contribution is 9.10. The number of aromatic nitrogens is 1. The Balaban J connectivity index is 1.58. The summed E-state index contributed by atoms with van der Waals surface area (Å²) in [6.45, 7) is 7.50. The summed E-state index contributed by atoms with van der Waals surface area (Å²) in [4.78, 5) is 9.21. The molecule has 1 aromatic heterocycles. The Labute approximate surface area is 134 Å². The molecule has 0 atom stereocenters. The van der Waals surface area contributed by atoms with Crippen LogP contribution in [0.4, 0.5) is 5.69 Å². The average Bonchev–Trinajstić information content (AvgIpc) is 2.48. The van der Waals surface area contributed by atoms with Gasteiger partial charge in [-0.25, -0.2) is 0 Å². The number of rotatable bonds is 3. The van der Waals surface area contributed by atoms with E-state index in [1.807, 2.05) is 12.4 Å². The van der Waals surface area contributed by atoms with Crippen LogP contribution in [-0.4, -0.2) is 36.1 Å². The molecule has 0 radical (unpaired) electrons. The Hall–Kier alpha value is -1.39. The second kappa shape index (κ2) is 6.58. The van der Waals surface area contributed by atoms with Gasteiger partial charge >= 0.3 is 0 Å². The molecule has 0 unspecified atom stereocenters. The van der Waals surface area contributed by atoms with Gasteiger partial charge in [0.1, 0.15) is 0 Å². The van der Waals surface area contributed by atoms with E-state index in [2.05, 4.69) is 68.0 Å². The van der Waals surface area contributed by atoms with Gasteiger partial charge in [0, 0.05) is 55.3 Å². The van der Waals surface area contributed by atoms with Gasteiger partial charge in [-0.1, -0.05) is 12.1 Å². The number of aryl methyl sites for hydroxylation is 1. The molecule has 3 rings (SSSR count). The molecular formula is C17H20BrN3. The predicted molar refractivity (Wildman–Crippen MR) is 90.6 cm³/mol. The summed E-state index contributed by atoms with van der Waals surface area (Å²) in [5.74, 6) is 0. The maximum atomic E-state index is 4.24. The van der Waals surface area contributed by atoms with Gasteiger partial charge in [0.2, 0.25) is 0 Å². The molecule has 0 aliphatic carbocycles. The topological polar surface area (TPSA) is 19.4 Å². The smallest absolute Gasteiger partial charge is 0.0410 e. The lowest BCUT2D eigenvalue weighted by Crippen LogP contribution is -2.46. The van der Waals surface area contributed by atoms with E-state index in [0.29, 0.717) is 0 Å². The van der Waals surface area contributed by atoms with Gasteiger partial charge in [0.25, 0.3) is 0 Å². The Bertz CT molecular complexity index is 606. The molecule has 0 amide bonds. The molecule has 1 aliphatic rings. The molecule has 21 heavy (non-hydrogen) atoms. The third-order valence-corrected chi connectivity index (χ3v) is 4.34. The van der Waals surface area contributed by atoms with Gasteiger partial charge in [0.05, 0.1) is 0 Å². The van der Waals surface area contributed by atoms with E-state index >= 15 is 0 Å². The number of hydrogen-bond donors (Lipinski definition) is 0. The minimum atomic E-state index is 0.980. The normalized spacial score (nSPS) is 16.2. The van der Waals surface area contributed by atoms with Crippen LogP contribution in [-0.2, 0) is 6.54 Å². The molecule has 1 aromatic carbocycles. The quantitative estimate of drug-likeness (QED) is 0.848. The maximum Gasteiger partial charge on any atom is 0.0410 e. The van der Waals surface area contributed by atoms with Crippen molar-refractivity contribution in [1.82, 2.24) is 9.88 Å². The second-order valence-corrected chi connectivity index (χ2v) is 6.53. The molecule has 2 heterocycles. The van der Waals surface area contributed by atoms with Crippen molar-refractivity contribution in [2.45, 2.75) is 13.5 Å². The fourth-order valence-corrected chi connectivity index (χ4v) is 3.20. The summed E-state index contributed by atoms with van der Waals surface area (Å²) < 4.78 is 1.05. The highest BCUT2D eigenvalue weighted by atomic mass is 79.9. The van der Waals surface area contributed by atoms with E-state index < -0.39 is 0 Å². The zero-order chi connectivity index (χ0) is 14.7. The van der Waals surface area contributed by atoms with Crippen molar-refractivity contribution in [3.8, 4) is 0 Å². The summed E-state index contributed by atoms with van der Waals surface area (Å²) in [6, 6.07) is 10.9. The van der Waals surface area contributed by atoms with Gasteiger partial charge in [0.15, 0.2) is 0 Å². The van der Waals surface area contributed by atoms with E-state index in [0.717, 1.165) is 37.2 Å². The lowest BCUT2D eigenvalue weighted by atomic mass is 10.2. The highest BCUT2D eigenvalue weighted by Gasteiger charge is 2.17. The zero-order valence-corrected chi connectivity index (χ0v) is 13.9. The largest absolute Gasteiger partial charge is 0.369 e. The van der Waals surface area contributed by atoms with Crippen molar-refractivity contribution < 1.29 is 0 Å². The first-order valence-electron chi connectivity index (χ1n) is 7.34. The molecular weight excluding hydrogens is 326 g/mol. The summed E-state index contributed by atoms with van der Waals surface area (Å²) in [5.41, 5.74) is 3.95. The van der Waals surface area contributed by atoms with Crippen LogP contribution in [0, 0.1) is 6.92 Å². The van der Waals surface area contributed by atoms with Crippen LogP contribution in [0.1, 0.15) is 11.1 Å². The monoisotopic (exact) mass is 345 g/mol. The third-order valence-electron chi connectivity index (χ3n) is 3.91. The summed E-state index contributed by atoms with van der Waals surface area (Å²) in [7, 11) is 0. The minimum Gasteiger partial charge on any atom is -0.369 e. The zero-order valence-electron chi connectivity index (χ0n) is 12.3. The first-order valence-corrected chi connectivity index (χ1v) is 8.13. The molecule has 1 aliphatic heterocycles. The van der Waals surface area contributed by atoms with Crippen molar-refractivity contribution in [3.05, 3.63) is 58.3 Å². The number of anilines is 1. The minimum absolute atomic E-state index is 0.980. The van der Waals surface area contributed by atoms with Crippen molar-refractivity contribution in [2.24, 2.45) is 0 Å². The number of nitrogens with zero attached hydrogens (tertiary/aromatic N) is 3. The first kappa shape index (κ1) is 14.5. The SMILES string of the molecule is Cc1cccc(N2CCN(Cc3cncc(Br)c3)CC2)c1. The molecule has 110 valence electrons. The number of halogens is 1. The molecule has 2 aromatic rings. The molecule has 4 heteroatoms. The van der Waals surface area contributed by atoms with Crippen LogP contribution >= 0.6 is 15.9 Å². The van der Waals surface area contributed by atoms with Crippen molar-refractivity contribution >= 4 is 21.6 Å². The second-order valence-electron chi connectivity index (χ2n) is 5.61. The molecule has 0 N–H and O–H groups in total. The number of piperazine rings is 1. The van der Waals surface area contributed by atoms with Crippen LogP contribution in [0.5, 0.6) is 0 Å². The van der Waals surface area contributed by atoms with Crippen LogP contribution in [0.25, 0.3) is 0 Å². The van der Waals surface area contributed by atoms with E-state index in [4.69, 9.17) is 0 Å². The number of hydrogen-bond acceptors (Lipinski definition) is 3. The molecule has 1 saturated heterocycles. The summed E-state index contributed by atoms with van der Waals surface area (Å²) >= 11 is 3.48. The first-order chi connectivity index (χ1) is 10.2. The van der Waals surface area contributed by atoms with Gasteiger partial charge in [-0.05, 0) is 52.2 Å². The maximum absolute atomic E-state index is 4.24. The van der Waals surface area contributed by atoms with Crippen LogP contribution in [0.15, 0.2) is 47.2 Å². The molecule has 1 fully saturated rings. The third kappa shape index (κ3) is 3.83. The van der Waals surface area contributed by atoms with E-state index in [-0.39, 0.29) is 0 Å². The van der Waals surface area contributed by atoms with Crippen molar-refractivity contribution in [1.29, 1.82) is 0 Å². The van der Waals surface area contributed by atoms with Gasteiger partial charge < -0.3 is 4.90 Å². The standard InChI is InChI=1S/C17H20BrN3/c1-14-3-2-4-17(9-14)21-7-5-20(6-8-21)13-15-10-16(18)12-19-11-15/h2-4,9-12H,5-8,13H2,1H3. The van der Waals surface area contributed by atoms with Crippen LogP contribution in [0.2, 0.25) is 0 Å². The number of benzene rings is 1. The highest BCUT2D eigenvalue weighted by Crippen LogP contribution is 2.19. The Kier molecular flexibility index (Phi) is 4.56. The lowest BCUT2D eigenvalue weighted by molar-refractivity contribution is 0.249. The van der Waals surface area contributed by atoms with Crippen LogP contribution in [0.3, 0.4) is 0 Å². The van der Waals surface area contributed by atoms with Gasteiger partial charge in [-0.3, -0.25) is 9.88 Å². The fourth-order valence-electron chi connectivity index (χ4n) is 2.79.